The molecule has 0 N–H and O–H groups in total. The number of nitrogens with zero attached hydrogens (tertiary/aromatic N) is 2. The maximum absolute atomic E-state index is 4.47. The maximum Gasteiger partial charge on any atom is 0.0547 e. The second-order valence-corrected chi connectivity index (χ2v) is 13.0. The van der Waals surface area contributed by atoms with Crippen LogP contribution in [0.3, 0.4) is 0 Å². The Labute approximate surface area is 300 Å². The summed E-state index contributed by atoms with van der Waals surface area (Å²) in [6.45, 7) is 9.10. The second kappa shape index (κ2) is 14.2. The first-order chi connectivity index (χ1) is 25.2. The maximum atomic E-state index is 4.47. The molecule has 0 spiro atoms. The van der Waals surface area contributed by atoms with Gasteiger partial charge in [-0.15, -0.1) is 0 Å². The van der Waals surface area contributed by atoms with Crippen molar-refractivity contribution >= 4 is 38.8 Å². The molecule has 2 heterocycles. The Morgan fingerprint density at radius 3 is 2.20 bits per heavy atom. The molecule has 6 aromatic carbocycles. The van der Waals surface area contributed by atoms with Gasteiger partial charge in [0.15, 0.2) is 0 Å². The number of rotatable bonds is 8. The molecular formula is C49H40N2. The predicted octanol–water partition coefficient (Wildman–Crippen LogP) is 13.1. The Bertz CT molecular complexity index is 2470. The van der Waals surface area contributed by atoms with Crippen LogP contribution < -0.4 is 4.90 Å². The van der Waals surface area contributed by atoms with Crippen LogP contribution in [0.25, 0.3) is 55.3 Å². The molecule has 1 aliphatic rings. The van der Waals surface area contributed by atoms with E-state index in [4.69, 9.17) is 0 Å². The van der Waals surface area contributed by atoms with Crippen LogP contribution in [0, 0.1) is 0 Å². The number of anilines is 2. The minimum Gasteiger partial charge on any atom is -0.341 e. The fourth-order valence-electron chi connectivity index (χ4n) is 7.25. The predicted molar refractivity (Wildman–Crippen MR) is 220 cm³/mol. The number of fused-ring (bicyclic) bond motifs is 4. The fraction of sp³-hybridized carbons (Fsp3) is 0.0612. The van der Waals surface area contributed by atoms with Crippen molar-refractivity contribution in [1.82, 2.24) is 4.57 Å². The highest BCUT2D eigenvalue weighted by molar-refractivity contribution is 6.10. The Kier molecular flexibility index (Phi) is 8.89. The minimum atomic E-state index is 0.867. The molecule has 0 amide bonds. The Morgan fingerprint density at radius 1 is 0.588 bits per heavy atom. The normalized spacial score (nSPS) is 13.9. The molecule has 0 radical (unpaired) electrons. The molecule has 0 unspecified atom stereocenters. The Morgan fingerprint density at radius 2 is 1.33 bits per heavy atom. The number of aromatic nitrogens is 1. The lowest BCUT2D eigenvalue weighted by Crippen LogP contribution is -2.20. The molecule has 0 bridgehead atoms. The summed E-state index contributed by atoms with van der Waals surface area (Å²) in [6.07, 6.45) is 16.2. The summed E-state index contributed by atoms with van der Waals surface area (Å²) < 4.78 is 2.41. The van der Waals surface area contributed by atoms with Gasteiger partial charge in [0.25, 0.3) is 0 Å². The van der Waals surface area contributed by atoms with Crippen LogP contribution in [0.1, 0.15) is 17.5 Å². The van der Waals surface area contributed by atoms with Gasteiger partial charge in [0.1, 0.15) is 0 Å². The van der Waals surface area contributed by atoms with Gasteiger partial charge < -0.3 is 9.47 Å². The van der Waals surface area contributed by atoms with Crippen LogP contribution in [-0.2, 0) is 6.42 Å². The van der Waals surface area contributed by atoms with Crippen LogP contribution in [0.2, 0.25) is 0 Å². The molecule has 0 saturated carbocycles. The van der Waals surface area contributed by atoms with Crippen molar-refractivity contribution in [2.24, 2.45) is 0 Å². The first-order valence-corrected chi connectivity index (χ1v) is 17.7. The lowest BCUT2D eigenvalue weighted by Gasteiger charge is -2.29. The average molecular weight is 657 g/mol. The zero-order valence-corrected chi connectivity index (χ0v) is 28.8. The summed E-state index contributed by atoms with van der Waals surface area (Å²) in [7, 11) is 0. The van der Waals surface area contributed by atoms with E-state index >= 15 is 0 Å². The summed E-state index contributed by atoms with van der Waals surface area (Å²) in [6, 6.07) is 50.9. The van der Waals surface area contributed by atoms with E-state index in [1.165, 1.54) is 61.0 Å². The lowest BCUT2D eigenvalue weighted by molar-refractivity contribution is 0.934. The third kappa shape index (κ3) is 6.40. The molecular weight excluding hydrogens is 617 g/mol. The zero-order chi connectivity index (χ0) is 34.6. The van der Waals surface area contributed by atoms with Crippen molar-refractivity contribution in [2.45, 2.75) is 12.8 Å². The van der Waals surface area contributed by atoms with Crippen LogP contribution >= 0.6 is 0 Å². The van der Waals surface area contributed by atoms with Crippen molar-refractivity contribution < 1.29 is 0 Å². The molecule has 0 atom stereocenters. The van der Waals surface area contributed by atoms with Gasteiger partial charge in [-0.3, -0.25) is 0 Å². The van der Waals surface area contributed by atoms with E-state index < -0.39 is 0 Å². The molecule has 0 saturated heterocycles. The van der Waals surface area contributed by atoms with Crippen LogP contribution in [-0.4, -0.2) is 11.1 Å². The molecule has 2 nitrogen and oxygen atoms in total. The van der Waals surface area contributed by atoms with Gasteiger partial charge >= 0.3 is 0 Å². The SMILES string of the molecule is C=C/C=C\C=C/Cc1cccc(N2CC/C=C\C(=C)c3ccc(-c4ccc5c6ccccc6n(-c6ccc(-c7ccccc7)cc6)c5c4)cc32)c1. The van der Waals surface area contributed by atoms with Crippen molar-refractivity contribution in [1.29, 1.82) is 0 Å². The quantitative estimate of drug-likeness (QED) is 0.148. The number of hydrogen-bond acceptors (Lipinski definition) is 1. The van der Waals surface area contributed by atoms with E-state index in [-0.39, 0.29) is 0 Å². The number of allylic oxidation sites excluding steroid dienone is 7. The standard InChI is InChI=1S/C49H40N2/c1-3-4-5-6-8-17-37-18-15-21-43(33-37)50-32-14-13-16-36(2)44-30-26-40(34-48(44)50)41-27-31-46-45-22-11-12-23-47(45)51(49(46)35-41)42-28-24-39(25-29-42)38-19-9-7-10-20-38/h3-13,15-16,18-31,33-35H,1-2,14,17,32H2/b5-4-,8-6-,16-13-. The molecule has 51 heavy (non-hydrogen) atoms. The second-order valence-electron chi connectivity index (χ2n) is 13.0. The third-order valence-electron chi connectivity index (χ3n) is 9.78. The molecule has 1 aromatic heterocycles. The Balaban J connectivity index is 1.21. The first-order valence-electron chi connectivity index (χ1n) is 17.7. The van der Waals surface area contributed by atoms with Gasteiger partial charge in [-0.2, -0.15) is 0 Å². The highest BCUT2D eigenvalue weighted by atomic mass is 15.1. The van der Waals surface area contributed by atoms with Gasteiger partial charge in [-0.05, 0) is 88.7 Å². The summed E-state index contributed by atoms with van der Waals surface area (Å²) >= 11 is 0. The summed E-state index contributed by atoms with van der Waals surface area (Å²) in [5, 5.41) is 2.50. The molecule has 7 aromatic rings. The van der Waals surface area contributed by atoms with E-state index in [1.807, 2.05) is 12.2 Å². The van der Waals surface area contributed by atoms with Crippen molar-refractivity contribution in [2.75, 3.05) is 11.4 Å². The van der Waals surface area contributed by atoms with Gasteiger partial charge in [0, 0.05) is 39.9 Å². The number of para-hydroxylation sites is 1. The molecule has 1 aliphatic heterocycles. The number of hydrogen-bond donors (Lipinski definition) is 0. The Hall–Kier alpha value is -6.38. The fourth-order valence-corrected chi connectivity index (χ4v) is 7.25. The van der Waals surface area contributed by atoms with E-state index in [0.29, 0.717) is 0 Å². The van der Waals surface area contributed by atoms with E-state index in [1.54, 1.807) is 6.08 Å². The van der Waals surface area contributed by atoms with Gasteiger partial charge in [-0.1, -0.05) is 153 Å². The van der Waals surface area contributed by atoms with Crippen LogP contribution in [0.15, 0.2) is 195 Å². The highest BCUT2D eigenvalue weighted by Crippen LogP contribution is 2.40. The largest absolute Gasteiger partial charge is 0.341 e. The van der Waals surface area contributed by atoms with Crippen molar-refractivity contribution in [3.05, 3.63) is 206 Å². The molecule has 2 heteroatoms. The van der Waals surface area contributed by atoms with E-state index in [0.717, 1.165) is 36.2 Å². The summed E-state index contributed by atoms with van der Waals surface area (Å²) in [4.78, 5) is 2.46. The summed E-state index contributed by atoms with van der Waals surface area (Å²) in [5.74, 6) is 0. The average Bonchev–Trinajstić information content (AvgIpc) is 3.51. The lowest BCUT2D eigenvalue weighted by atomic mass is 9.95. The monoisotopic (exact) mass is 656 g/mol. The zero-order valence-electron chi connectivity index (χ0n) is 28.8. The third-order valence-corrected chi connectivity index (χ3v) is 9.78. The van der Waals surface area contributed by atoms with Gasteiger partial charge in [0.2, 0.25) is 0 Å². The van der Waals surface area contributed by atoms with Gasteiger partial charge in [-0.25, -0.2) is 0 Å². The van der Waals surface area contributed by atoms with Crippen LogP contribution in [0.4, 0.5) is 11.4 Å². The molecule has 0 fully saturated rings. The minimum absolute atomic E-state index is 0.867. The topological polar surface area (TPSA) is 8.17 Å². The summed E-state index contributed by atoms with van der Waals surface area (Å²) in [5.41, 5.74) is 14.2. The van der Waals surface area contributed by atoms with E-state index in [2.05, 4.69) is 186 Å². The molecule has 246 valence electrons. The van der Waals surface area contributed by atoms with Gasteiger partial charge in [0.05, 0.1) is 11.0 Å². The highest BCUT2D eigenvalue weighted by Gasteiger charge is 2.19. The number of benzene rings is 6. The van der Waals surface area contributed by atoms with Crippen molar-refractivity contribution in [3.8, 4) is 27.9 Å². The first kappa shape index (κ1) is 31.9. The van der Waals surface area contributed by atoms with E-state index in [9.17, 15) is 0 Å². The molecule has 0 aliphatic carbocycles. The molecule has 8 rings (SSSR count). The van der Waals surface area contributed by atoms with Crippen LogP contribution in [0.5, 0.6) is 0 Å². The smallest absolute Gasteiger partial charge is 0.0547 e. The van der Waals surface area contributed by atoms with Crippen molar-refractivity contribution in [3.63, 3.8) is 0 Å².